The zero-order valence-electron chi connectivity index (χ0n) is 21.3. The van der Waals surface area contributed by atoms with Gasteiger partial charge in [-0.05, 0) is 49.4 Å². The van der Waals surface area contributed by atoms with Crippen LogP contribution in [0, 0.1) is 6.92 Å². The Morgan fingerprint density at radius 1 is 1.05 bits per heavy atom. The van der Waals surface area contributed by atoms with Crippen molar-refractivity contribution in [2.75, 3.05) is 18.2 Å². The molecule has 0 aliphatic heterocycles. The fourth-order valence-electron chi connectivity index (χ4n) is 3.73. The maximum atomic E-state index is 13.1. The van der Waals surface area contributed by atoms with Gasteiger partial charge in [-0.15, -0.1) is 10.2 Å². The molecule has 4 rings (SSSR count). The molecule has 0 radical (unpaired) electrons. The van der Waals surface area contributed by atoms with Gasteiger partial charge < -0.3 is 15.4 Å². The smallest absolute Gasteiger partial charge is 0.416 e. The predicted molar refractivity (Wildman–Crippen MR) is 146 cm³/mol. The molecule has 0 spiro atoms. The number of thioether (sulfide) groups is 1. The molecule has 1 aromatic heterocycles. The van der Waals surface area contributed by atoms with Crippen molar-refractivity contribution in [3.8, 4) is 11.4 Å². The Balaban J connectivity index is 1.54. The molecule has 40 heavy (non-hydrogen) atoms. The lowest BCUT2D eigenvalue weighted by Gasteiger charge is -2.14. The second-order valence-corrected chi connectivity index (χ2v) is 9.84. The van der Waals surface area contributed by atoms with Crippen LogP contribution >= 0.6 is 23.4 Å². The molecule has 0 unspecified atom stereocenters. The molecule has 13 heteroatoms. The van der Waals surface area contributed by atoms with Crippen LogP contribution in [0.15, 0.2) is 71.9 Å². The van der Waals surface area contributed by atoms with E-state index in [2.05, 4.69) is 20.8 Å². The van der Waals surface area contributed by atoms with Crippen molar-refractivity contribution in [3.05, 3.63) is 94.3 Å². The van der Waals surface area contributed by atoms with Crippen LogP contribution in [-0.2, 0) is 17.5 Å². The summed E-state index contributed by atoms with van der Waals surface area (Å²) in [6.07, 6.45) is -4.59. The molecule has 8 nitrogen and oxygen atoms in total. The predicted octanol–water partition coefficient (Wildman–Crippen LogP) is 5.92. The average Bonchev–Trinajstić information content (AvgIpc) is 3.33. The van der Waals surface area contributed by atoms with Gasteiger partial charge in [0.2, 0.25) is 5.91 Å². The van der Waals surface area contributed by atoms with Gasteiger partial charge in [0.1, 0.15) is 5.75 Å². The summed E-state index contributed by atoms with van der Waals surface area (Å²) in [4.78, 5) is 25.4. The number of halogens is 4. The maximum Gasteiger partial charge on any atom is 0.416 e. The van der Waals surface area contributed by atoms with Crippen LogP contribution in [-0.4, -0.2) is 39.4 Å². The number of ether oxygens (including phenoxy) is 1. The number of carbonyl (C=O) groups is 2. The van der Waals surface area contributed by atoms with Gasteiger partial charge in [-0.2, -0.15) is 13.2 Å². The average molecular weight is 590 g/mol. The first-order valence-electron chi connectivity index (χ1n) is 11.8. The van der Waals surface area contributed by atoms with E-state index < -0.39 is 17.6 Å². The number of nitrogens with zero attached hydrogens (tertiary/aromatic N) is 3. The Bertz CT molecular complexity index is 1540. The molecule has 0 atom stereocenters. The molecular weight excluding hydrogens is 567 g/mol. The highest BCUT2D eigenvalue weighted by atomic mass is 35.5. The Morgan fingerprint density at radius 2 is 1.82 bits per heavy atom. The van der Waals surface area contributed by atoms with Crippen molar-refractivity contribution in [1.82, 2.24) is 20.1 Å². The molecule has 4 aromatic rings. The summed E-state index contributed by atoms with van der Waals surface area (Å²) in [6.45, 7) is 1.90. The number of alkyl halides is 3. The summed E-state index contributed by atoms with van der Waals surface area (Å²) in [5.74, 6) is -0.250. The van der Waals surface area contributed by atoms with E-state index in [-0.39, 0.29) is 28.9 Å². The standard InChI is InChI=1S/C27H23ClF3N5O3S/c1-16-6-5-7-17(12-16)25(38)32-14-23-34-35-26(36(23)21-8-3-4-9-22(21)39-2)40-15-24(37)33-20-13-18(27(29,30)31)10-11-19(20)28/h3-13H,14-15H2,1-2H3,(H,32,38)(H,33,37). The number of methoxy groups -OCH3 is 1. The van der Waals surface area contributed by atoms with E-state index >= 15 is 0 Å². The summed E-state index contributed by atoms with van der Waals surface area (Å²) in [5, 5.41) is 13.9. The van der Waals surface area contributed by atoms with E-state index in [1.807, 2.05) is 13.0 Å². The zero-order valence-corrected chi connectivity index (χ0v) is 22.8. The molecule has 0 saturated carbocycles. The number of benzene rings is 3. The molecule has 208 valence electrons. The Morgan fingerprint density at radius 3 is 2.55 bits per heavy atom. The van der Waals surface area contributed by atoms with Gasteiger partial charge >= 0.3 is 6.18 Å². The van der Waals surface area contributed by atoms with Crippen molar-refractivity contribution in [3.63, 3.8) is 0 Å². The van der Waals surface area contributed by atoms with Gasteiger partial charge in [0, 0.05) is 5.56 Å². The van der Waals surface area contributed by atoms with Gasteiger partial charge in [-0.1, -0.05) is 53.2 Å². The third kappa shape index (κ3) is 6.93. The van der Waals surface area contributed by atoms with Crippen molar-refractivity contribution in [1.29, 1.82) is 0 Å². The topological polar surface area (TPSA) is 98.1 Å². The minimum atomic E-state index is -4.59. The number of aryl methyl sites for hydroxylation is 1. The Hall–Kier alpha value is -4.03. The van der Waals surface area contributed by atoms with Crippen molar-refractivity contribution >= 4 is 40.9 Å². The lowest BCUT2D eigenvalue weighted by molar-refractivity contribution is -0.137. The first-order chi connectivity index (χ1) is 19.1. The number of para-hydroxylation sites is 2. The van der Waals surface area contributed by atoms with Crippen LogP contribution in [0.1, 0.15) is 27.3 Å². The van der Waals surface area contributed by atoms with Crippen LogP contribution in [0.4, 0.5) is 18.9 Å². The number of nitrogens with one attached hydrogen (secondary N) is 2. The fraction of sp³-hybridized carbons (Fsp3) is 0.185. The molecule has 0 bridgehead atoms. The third-order valence-electron chi connectivity index (χ3n) is 5.61. The van der Waals surface area contributed by atoms with Gasteiger partial charge in [0.25, 0.3) is 5.91 Å². The van der Waals surface area contributed by atoms with Crippen LogP contribution in [0.5, 0.6) is 5.75 Å². The minimum absolute atomic E-state index is 0.0183. The largest absolute Gasteiger partial charge is 0.495 e. The molecule has 3 aromatic carbocycles. The minimum Gasteiger partial charge on any atom is -0.495 e. The number of hydrogen-bond acceptors (Lipinski definition) is 6. The lowest BCUT2D eigenvalue weighted by Crippen LogP contribution is -2.24. The number of aromatic nitrogens is 3. The van der Waals surface area contributed by atoms with Gasteiger partial charge in [-0.25, -0.2) is 0 Å². The van der Waals surface area contributed by atoms with Crippen LogP contribution in [0.25, 0.3) is 5.69 Å². The number of rotatable bonds is 9. The SMILES string of the molecule is COc1ccccc1-n1c(CNC(=O)c2cccc(C)c2)nnc1SCC(=O)Nc1cc(C(F)(F)F)ccc1Cl. The number of amides is 2. The van der Waals surface area contributed by atoms with Crippen LogP contribution in [0.2, 0.25) is 5.02 Å². The molecule has 0 aliphatic rings. The normalized spacial score (nSPS) is 11.2. The summed E-state index contributed by atoms with van der Waals surface area (Å²) < 4.78 is 46.4. The summed E-state index contributed by atoms with van der Waals surface area (Å²) >= 11 is 7.00. The highest BCUT2D eigenvalue weighted by Crippen LogP contribution is 2.34. The fourth-order valence-corrected chi connectivity index (χ4v) is 4.65. The van der Waals surface area contributed by atoms with E-state index in [1.54, 1.807) is 47.0 Å². The second-order valence-electron chi connectivity index (χ2n) is 8.49. The molecule has 1 heterocycles. The van der Waals surface area contributed by atoms with Gasteiger partial charge in [-0.3, -0.25) is 14.2 Å². The van der Waals surface area contributed by atoms with Crippen molar-refractivity contribution < 1.29 is 27.5 Å². The lowest BCUT2D eigenvalue weighted by atomic mass is 10.1. The summed E-state index contributed by atoms with van der Waals surface area (Å²) in [7, 11) is 1.50. The van der Waals surface area contributed by atoms with Crippen LogP contribution in [0.3, 0.4) is 0 Å². The molecular formula is C27H23ClF3N5O3S. The van der Waals surface area contributed by atoms with Crippen LogP contribution < -0.4 is 15.4 Å². The number of anilines is 1. The zero-order chi connectivity index (χ0) is 28.9. The molecule has 2 amide bonds. The molecule has 0 aliphatic carbocycles. The first kappa shape index (κ1) is 29.0. The van der Waals surface area contributed by atoms with Crippen molar-refractivity contribution in [2.45, 2.75) is 24.8 Å². The second kappa shape index (κ2) is 12.4. The van der Waals surface area contributed by atoms with Gasteiger partial charge in [0.15, 0.2) is 11.0 Å². The molecule has 0 saturated heterocycles. The van der Waals surface area contributed by atoms with Gasteiger partial charge in [0.05, 0.1) is 41.4 Å². The molecule has 0 fully saturated rings. The quantitative estimate of drug-likeness (QED) is 0.235. The van der Waals surface area contributed by atoms with E-state index in [4.69, 9.17) is 16.3 Å². The summed E-state index contributed by atoms with van der Waals surface area (Å²) in [6, 6.07) is 16.9. The monoisotopic (exact) mass is 589 g/mol. The highest BCUT2D eigenvalue weighted by Gasteiger charge is 2.31. The summed E-state index contributed by atoms with van der Waals surface area (Å²) in [5.41, 5.74) is 0.899. The number of carbonyl (C=O) groups excluding carboxylic acids is 2. The maximum absolute atomic E-state index is 13.1. The van der Waals surface area contributed by atoms with E-state index in [9.17, 15) is 22.8 Å². The Kier molecular flexibility index (Phi) is 9.00. The van der Waals surface area contributed by atoms with E-state index in [1.165, 1.54) is 7.11 Å². The van der Waals surface area contributed by atoms with E-state index in [0.717, 1.165) is 35.5 Å². The third-order valence-corrected chi connectivity index (χ3v) is 6.87. The van der Waals surface area contributed by atoms with Crippen molar-refractivity contribution in [2.24, 2.45) is 0 Å². The van der Waals surface area contributed by atoms with E-state index in [0.29, 0.717) is 28.0 Å². The number of hydrogen-bond donors (Lipinski definition) is 2. The Labute approximate surface area is 236 Å². The first-order valence-corrected chi connectivity index (χ1v) is 13.1. The molecule has 2 N–H and O–H groups in total. The highest BCUT2D eigenvalue weighted by molar-refractivity contribution is 7.99.